The van der Waals surface area contributed by atoms with Gasteiger partial charge in [0.1, 0.15) is 0 Å². The second-order valence-corrected chi connectivity index (χ2v) is 5.09. The Morgan fingerprint density at radius 2 is 2.18 bits per heavy atom. The average Bonchev–Trinajstić information content (AvgIpc) is 2.68. The van der Waals surface area contributed by atoms with Gasteiger partial charge in [0.2, 0.25) is 5.78 Å². The molecule has 1 aromatic carbocycles. The van der Waals surface area contributed by atoms with Crippen molar-refractivity contribution in [2.45, 2.75) is 13.3 Å². The third-order valence-electron chi connectivity index (χ3n) is 2.48. The minimum atomic E-state index is -0.0586. The van der Waals surface area contributed by atoms with E-state index in [-0.39, 0.29) is 12.2 Å². The number of hydrogen-bond donors (Lipinski definition) is 0. The monoisotopic (exact) mass is 312 g/mol. The van der Waals surface area contributed by atoms with Crippen LogP contribution in [0.1, 0.15) is 21.7 Å². The zero-order valence-corrected chi connectivity index (χ0v) is 11.5. The number of rotatable bonds is 3. The second kappa shape index (κ2) is 5.07. The molecule has 2 aromatic rings. The largest absolute Gasteiger partial charge is 0.461 e. The molecule has 4 heteroatoms. The van der Waals surface area contributed by atoms with Gasteiger partial charge in [-0.25, -0.2) is 0 Å². The van der Waals surface area contributed by atoms with Crippen molar-refractivity contribution in [2.24, 2.45) is 0 Å². The van der Waals surface area contributed by atoms with Crippen molar-refractivity contribution in [3.8, 4) is 0 Å². The van der Waals surface area contributed by atoms with Gasteiger partial charge >= 0.3 is 0 Å². The highest BCUT2D eigenvalue weighted by atomic mass is 79.9. The molecule has 0 saturated carbocycles. The molecule has 0 aliphatic rings. The van der Waals surface area contributed by atoms with Gasteiger partial charge in [0.15, 0.2) is 5.76 Å². The highest BCUT2D eigenvalue weighted by Crippen LogP contribution is 2.23. The molecule has 0 fully saturated rings. The number of aryl methyl sites for hydroxylation is 1. The molecule has 0 bridgehead atoms. The van der Waals surface area contributed by atoms with E-state index in [0.717, 1.165) is 15.6 Å². The molecule has 88 valence electrons. The number of carbonyl (C=O) groups is 1. The molecule has 0 N–H and O–H groups in total. The van der Waals surface area contributed by atoms with Gasteiger partial charge in [0.25, 0.3) is 0 Å². The van der Waals surface area contributed by atoms with Crippen LogP contribution in [-0.2, 0) is 6.42 Å². The summed E-state index contributed by atoms with van der Waals surface area (Å²) >= 11 is 9.39. The maximum atomic E-state index is 12.0. The molecular weight excluding hydrogens is 303 g/mol. The Labute approximate surface area is 113 Å². The van der Waals surface area contributed by atoms with E-state index in [0.29, 0.717) is 10.8 Å². The molecule has 0 aliphatic carbocycles. The molecule has 0 aliphatic heterocycles. The van der Waals surface area contributed by atoms with E-state index in [2.05, 4.69) is 15.9 Å². The summed E-state index contributed by atoms with van der Waals surface area (Å²) in [6, 6.07) is 7.25. The van der Waals surface area contributed by atoms with Crippen molar-refractivity contribution in [3.05, 3.63) is 56.9 Å². The van der Waals surface area contributed by atoms with Crippen molar-refractivity contribution < 1.29 is 9.21 Å². The van der Waals surface area contributed by atoms with Crippen LogP contribution in [0.3, 0.4) is 0 Å². The van der Waals surface area contributed by atoms with E-state index >= 15 is 0 Å². The average molecular weight is 314 g/mol. The predicted octanol–water partition coefficient (Wildman–Crippen LogP) is 4.43. The van der Waals surface area contributed by atoms with Crippen LogP contribution in [0.2, 0.25) is 5.02 Å². The number of furan rings is 1. The third-order valence-corrected chi connectivity index (χ3v) is 3.33. The Bertz CT molecular complexity index is 560. The lowest BCUT2D eigenvalue weighted by Gasteiger charge is -2.03. The molecule has 0 spiro atoms. The molecule has 1 aromatic heterocycles. The van der Waals surface area contributed by atoms with Gasteiger partial charge < -0.3 is 4.42 Å². The highest BCUT2D eigenvalue weighted by molar-refractivity contribution is 9.10. The van der Waals surface area contributed by atoms with Crippen molar-refractivity contribution >= 4 is 33.3 Å². The van der Waals surface area contributed by atoms with Gasteiger partial charge in [-0.05, 0) is 36.2 Å². The zero-order valence-electron chi connectivity index (χ0n) is 9.17. The fraction of sp³-hybridized carbons (Fsp3) is 0.154. The van der Waals surface area contributed by atoms with E-state index in [1.54, 1.807) is 12.1 Å². The Balaban J connectivity index is 2.22. The van der Waals surface area contributed by atoms with Crippen LogP contribution in [0, 0.1) is 6.92 Å². The first kappa shape index (κ1) is 12.4. The lowest BCUT2D eigenvalue weighted by molar-refractivity contribution is 0.0965. The molecule has 17 heavy (non-hydrogen) atoms. The third kappa shape index (κ3) is 2.79. The maximum Gasteiger partial charge on any atom is 0.202 e. The van der Waals surface area contributed by atoms with Crippen LogP contribution in [-0.4, -0.2) is 5.78 Å². The first-order chi connectivity index (χ1) is 8.08. The Morgan fingerprint density at radius 1 is 1.41 bits per heavy atom. The number of carbonyl (C=O) groups excluding carboxylic acids is 1. The number of halogens is 2. The number of hydrogen-bond acceptors (Lipinski definition) is 2. The van der Waals surface area contributed by atoms with Crippen LogP contribution in [0.15, 0.2) is 39.4 Å². The summed E-state index contributed by atoms with van der Waals surface area (Å²) in [7, 11) is 0. The quantitative estimate of drug-likeness (QED) is 0.785. The minimum Gasteiger partial charge on any atom is -0.461 e. The minimum absolute atomic E-state index is 0.0586. The molecule has 0 atom stereocenters. The van der Waals surface area contributed by atoms with E-state index in [1.807, 2.05) is 19.1 Å². The first-order valence-corrected chi connectivity index (χ1v) is 6.26. The van der Waals surface area contributed by atoms with E-state index in [4.69, 9.17) is 16.0 Å². The van der Waals surface area contributed by atoms with E-state index in [9.17, 15) is 4.79 Å². The van der Waals surface area contributed by atoms with Gasteiger partial charge in [-0.3, -0.25) is 4.79 Å². The Morgan fingerprint density at radius 3 is 2.76 bits per heavy atom. The van der Waals surface area contributed by atoms with Gasteiger partial charge in [-0.2, -0.15) is 0 Å². The van der Waals surface area contributed by atoms with Crippen molar-refractivity contribution in [1.82, 2.24) is 0 Å². The van der Waals surface area contributed by atoms with E-state index in [1.165, 1.54) is 6.26 Å². The summed E-state index contributed by atoms with van der Waals surface area (Å²) in [6.45, 7) is 1.85. The van der Waals surface area contributed by atoms with Crippen molar-refractivity contribution in [1.29, 1.82) is 0 Å². The Kier molecular flexibility index (Phi) is 3.69. The summed E-state index contributed by atoms with van der Waals surface area (Å²) < 4.78 is 6.06. The molecular formula is C13H10BrClO2. The number of benzene rings is 1. The summed E-state index contributed by atoms with van der Waals surface area (Å²) in [5.74, 6) is 0.348. The van der Waals surface area contributed by atoms with Crippen molar-refractivity contribution in [3.63, 3.8) is 0 Å². The molecule has 1 heterocycles. The molecule has 0 amide bonds. The first-order valence-electron chi connectivity index (χ1n) is 5.09. The smallest absolute Gasteiger partial charge is 0.202 e. The van der Waals surface area contributed by atoms with Crippen LogP contribution in [0.4, 0.5) is 0 Å². The standard InChI is InChI=1S/C13H10BrClO2/c1-8-4-5-17-13(8)12(16)6-9-2-3-10(14)7-11(9)15/h2-5,7H,6H2,1H3. The normalized spacial score (nSPS) is 10.5. The Hall–Kier alpha value is -1.06. The summed E-state index contributed by atoms with van der Waals surface area (Å²) in [5, 5.41) is 0.580. The molecule has 0 unspecified atom stereocenters. The van der Waals surface area contributed by atoms with Crippen molar-refractivity contribution in [2.75, 3.05) is 0 Å². The highest BCUT2D eigenvalue weighted by Gasteiger charge is 2.14. The topological polar surface area (TPSA) is 30.2 Å². The fourth-order valence-corrected chi connectivity index (χ4v) is 2.32. The van der Waals surface area contributed by atoms with Crippen LogP contribution < -0.4 is 0 Å². The predicted molar refractivity (Wildman–Crippen MR) is 70.6 cm³/mol. The molecule has 0 radical (unpaired) electrons. The number of ketones is 1. The number of Topliss-reactive ketones (excluding diaryl/α,β-unsaturated/α-hetero) is 1. The molecule has 2 nitrogen and oxygen atoms in total. The van der Waals surface area contributed by atoms with Gasteiger partial charge in [0, 0.05) is 15.9 Å². The van der Waals surface area contributed by atoms with Crippen LogP contribution in [0.25, 0.3) is 0 Å². The fourth-order valence-electron chi connectivity index (χ4n) is 1.58. The summed E-state index contributed by atoms with van der Waals surface area (Å²) in [6.07, 6.45) is 1.77. The SMILES string of the molecule is Cc1ccoc1C(=O)Cc1ccc(Br)cc1Cl. The molecule has 2 rings (SSSR count). The van der Waals surface area contributed by atoms with Gasteiger partial charge in [-0.1, -0.05) is 33.6 Å². The maximum absolute atomic E-state index is 12.0. The van der Waals surface area contributed by atoms with Gasteiger partial charge in [0.05, 0.1) is 6.26 Å². The summed E-state index contributed by atoms with van der Waals surface area (Å²) in [5.41, 5.74) is 1.65. The van der Waals surface area contributed by atoms with Crippen LogP contribution in [0.5, 0.6) is 0 Å². The second-order valence-electron chi connectivity index (χ2n) is 3.77. The summed E-state index contributed by atoms with van der Waals surface area (Å²) in [4.78, 5) is 12.0. The van der Waals surface area contributed by atoms with Gasteiger partial charge in [-0.15, -0.1) is 0 Å². The van der Waals surface area contributed by atoms with E-state index < -0.39 is 0 Å². The molecule has 0 saturated heterocycles. The lowest BCUT2D eigenvalue weighted by Crippen LogP contribution is -2.04. The zero-order chi connectivity index (χ0) is 12.4. The van der Waals surface area contributed by atoms with Crippen LogP contribution >= 0.6 is 27.5 Å². The lowest BCUT2D eigenvalue weighted by atomic mass is 10.1.